The number of hydrogen-bond donors (Lipinski definition) is 2. The van der Waals surface area contributed by atoms with Crippen molar-refractivity contribution in [1.29, 1.82) is 0 Å². The SMILES string of the molecule is Nc1ncccc1-c1nc2ccc(-c3cccc(C(=O)N4CCOCC4)c3)nc2n1-c1ccc(C2(N)CCC2)cc1. The van der Waals surface area contributed by atoms with Gasteiger partial charge in [0.2, 0.25) is 0 Å². The zero-order valence-electron chi connectivity index (χ0n) is 22.7. The third-order valence-electron chi connectivity index (χ3n) is 8.23. The highest BCUT2D eigenvalue weighted by molar-refractivity contribution is 5.95. The van der Waals surface area contributed by atoms with E-state index in [1.807, 2.05) is 58.0 Å². The molecule has 4 N–H and O–H groups in total. The van der Waals surface area contributed by atoms with Gasteiger partial charge in [0.15, 0.2) is 11.5 Å². The Kier molecular flexibility index (Phi) is 6.25. The average Bonchev–Trinajstić information content (AvgIpc) is 3.39. The molecule has 2 fully saturated rings. The maximum Gasteiger partial charge on any atom is 0.254 e. The first kappa shape index (κ1) is 25.4. The van der Waals surface area contributed by atoms with Crippen LogP contribution in [0.3, 0.4) is 0 Å². The number of rotatable bonds is 5. The molecule has 0 bridgehead atoms. The number of ether oxygens (including phenoxy) is 1. The molecule has 7 rings (SSSR count). The van der Waals surface area contributed by atoms with Gasteiger partial charge in [-0.15, -0.1) is 0 Å². The van der Waals surface area contributed by atoms with E-state index in [-0.39, 0.29) is 11.4 Å². The van der Waals surface area contributed by atoms with Crippen LogP contribution < -0.4 is 11.5 Å². The van der Waals surface area contributed by atoms with E-state index in [0.717, 1.165) is 52.9 Å². The highest BCUT2D eigenvalue weighted by Crippen LogP contribution is 2.39. The maximum absolute atomic E-state index is 13.2. The third kappa shape index (κ3) is 4.53. The molecule has 0 unspecified atom stereocenters. The van der Waals surface area contributed by atoms with Crippen LogP contribution in [0.4, 0.5) is 5.82 Å². The van der Waals surface area contributed by atoms with Crippen molar-refractivity contribution in [3.63, 3.8) is 0 Å². The van der Waals surface area contributed by atoms with Gasteiger partial charge in [-0.05, 0) is 73.4 Å². The van der Waals surface area contributed by atoms with Gasteiger partial charge in [-0.2, -0.15) is 0 Å². The molecule has 9 nitrogen and oxygen atoms in total. The zero-order chi connectivity index (χ0) is 28.0. The molecular formula is C32H31N7O2. The standard InChI is InChI=1S/C32H31N7O2/c33-28-25(6-2-15-35-28)29-37-27-12-11-26(21-4-1-5-22(20-21)31(40)38-16-18-41-19-17-38)36-30(27)39(29)24-9-7-23(8-10-24)32(34)13-3-14-32/h1-2,4-12,15,20H,3,13-14,16-19,34H2,(H2,33,35). The summed E-state index contributed by atoms with van der Waals surface area (Å²) in [6, 6.07) is 23.6. The molecule has 0 spiro atoms. The summed E-state index contributed by atoms with van der Waals surface area (Å²) in [7, 11) is 0. The Morgan fingerprint density at radius 3 is 2.46 bits per heavy atom. The fourth-order valence-corrected chi connectivity index (χ4v) is 5.70. The molecule has 206 valence electrons. The van der Waals surface area contributed by atoms with Gasteiger partial charge in [0, 0.05) is 41.6 Å². The van der Waals surface area contributed by atoms with Crippen LogP contribution in [0, 0.1) is 0 Å². The lowest BCUT2D eigenvalue weighted by molar-refractivity contribution is 0.0303. The summed E-state index contributed by atoms with van der Waals surface area (Å²) >= 11 is 0. The smallest absolute Gasteiger partial charge is 0.254 e. The minimum Gasteiger partial charge on any atom is -0.383 e. The molecule has 0 atom stereocenters. The van der Waals surface area contributed by atoms with E-state index in [0.29, 0.717) is 49.2 Å². The number of imidazole rings is 1. The van der Waals surface area contributed by atoms with Crippen LogP contribution in [-0.2, 0) is 10.3 Å². The van der Waals surface area contributed by atoms with Crippen molar-refractivity contribution < 1.29 is 9.53 Å². The van der Waals surface area contributed by atoms with Crippen LogP contribution in [0.1, 0.15) is 35.2 Å². The molecule has 5 aromatic rings. The summed E-state index contributed by atoms with van der Waals surface area (Å²) in [6.45, 7) is 2.31. The number of nitrogens with zero attached hydrogens (tertiary/aromatic N) is 5. The molecule has 1 aliphatic carbocycles. The fourth-order valence-electron chi connectivity index (χ4n) is 5.70. The van der Waals surface area contributed by atoms with Gasteiger partial charge in [0.05, 0.1) is 24.5 Å². The van der Waals surface area contributed by atoms with E-state index in [2.05, 4.69) is 29.2 Å². The normalized spacial score (nSPS) is 16.5. The molecule has 41 heavy (non-hydrogen) atoms. The lowest BCUT2D eigenvalue weighted by Gasteiger charge is -2.38. The molecule has 2 aliphatic rings. The van der Waals surface area contributed by atoms with Crippen LogP contribution in [0.2, 0.25) is 0 Å². The van der Waals surface area contributed by atoms with Gasteiger partial charge >= 0.3 is 0 Å². The van der Waals surface area contributed by atoms with E-state index in [4.69, 9.17) is 26.2 Å². The summed E-state index contributed by atoms with van der Waals surface area (Å²) in [5, 5.41) is 0. The van der Waals surface area contributed by atoms with Crippen LogP contribution in [-0.4, -0.2) is 56.6 Å². The largest absolute Gasteiger partial charge is 0.383 e. The van der Waals surface area contributed by atoms with E-state index in [1.165, 1.54) is 0 Å². The number of pyridine rings is 2. The van der Waals surface area contributed by atoms with Gasteiger partial charge < -0.3 is 21.1 Å². The molecule has 3 aromatic heterocycles. The Balaban J connectivity index is 1.34. The van der Waals surface area contributed by atoms with E-state index in [1.54, 1.807) is 6.20 Å². The Morgan fingerprint density at radius 2 is 1.73 bits per heavy atom. The van der Waals surface area contributed by atoms with Crippen LogP contribution >= 0.6 is 0 Å². The summed E-state index contributed by atoms with van der Waals surface area (Å²) in [5.41, 5.74) is 19.1. The van der Waals surface area contributed by atoms with Crippen LogP contribution in [0.25, 0.3) is 39.5 Å². The number of anilines is 1. The number of fused-ring (bicyclic) bond motifs is 1. The Labute approximate surface area is 237 Å². The fraction of sp³-hybridized carbons (Fsp3) is 0.250. The number of carbonyl (C=O) groups is 1. The number of carbonyl (C=O) groups excluding carboxylic acids is 1. The van der Waals surface area contributed by atoms with Gasteiger partial charge in [0.25, 0.3) is 5.91 Å². The lowest BCUT2D eigenvalue weighted by Crippen LogP contribution is -2.43. The Hall–Kier alpha value is -4.60. The molecule has 0 radical (unpaired) electrons. The van der Waals surface area contributed by atoms with Crippen molar-refractivity contribution in [3.05, 3.63) is 90.1 Å². The average molecular weight is 546 g/mol. The van der Waals surface area contributed by atoms with E-state index in [9.17, 15) is 4.79 Å². The van der Waals surface area contributed by atoms with Gasteiger partial charge in [-0.25, -0.2) is 15.0 Å². The van der Waals surface area contributed by atoms with Crippen LogP contribution in [0.15, 0.2) is 79.0 Å². The molecule has 1 saturated heterocycles. The van der Waals surface area contributed by atoms with Crippen molar-refractivity contribution in [2.24, 2.45) is 5.73 Å². The molecule has 1 aliphatic heterocycles. The number of amides is 1. The van der Waals surface area contributed by atoms with E-state index >= 15 is 0 Å². The van der Waals surface area contributed by atoms with Gasteiger partial charge in [0.1, 0.15) is 11.3 Å². The van der Waals surface area contributed by atoms with Crippen molar-refractivity contribution in [2.45, 2.75) is 24.8 Å². The monoisotopic (exact) mass is 545 g/mol. The zero-order valence-corrected chi connectivity index (χ0v) is 22.7. The highest BCUT2D eigenvalue weighted by atomic mass is 16.5. The highest BCUT2D eigenvalue weighted by Gasteiger charge is 2.34. The number of nitrogen functional groups attached to an aromatic ring is 1. The Morgan fingerprint density at radius 1 is 0.927 bits per heavy atom. The van der Waals surface area contributed by atoms with Crippen molar-refractivity contribution >= 4 is 22.9 Å². The number of benzene rings is 2. The second-order valence-electron chi connectivity index (χ2n) is 10.8. The molecule has 1 amide bonds. The Bertz CT molecular complexity index is 1750. The van der Waals surface area contributed by atoms with Crippen LogP contribution in [0.5, 0.6) is 0 Å². The first-order valence-electron chi connectivity index (χ1n) is 14.0. The van der Waals surface area contributed by atoms with Crippen molar-refractivity contribution in [1.82, 2.24) is 24.4 Å². The van der Waals surface area contributed by atoms with Gasteiger partial charge in [-0.3, -0.25) is 9.36 Å². The maximum atomic E-state index is 13.2. The number of morpholine rings is 1. The summed E-state index contributed by atoms with van der Waals surface area (Å²) in [6.07, 6.45) is 4.81. The minimum absolute atomic E-state index is 0.000151. The lowest BCUT2D eigenvalue weighted by atomic mass is 9.73. The molecule has 4 heterocycles. The quantitative estimate of drug-likeness (QED) is 0.332. The summed E-state index contributed by atoms with van der Waals surface area (Å²) in [5.74, 6) is 1.05. The van der Waals surface area contributed by atoms with Crippen molar-refractivity contribution in [2.75, 3.05) is 32.0 Å². The predicted octanol–water partition coefficient (Wildman–Crippen LogP) is 4.54. The number of aromatic nitrogens is 4. The summed E-state index contributed by atoms with van der Waals surface area (Å²) < 4.78 is 7.43. The number of nitrogens with two attached hydrogens (primary N) is 2. The molecule has 2 aromatic carbocycles. The topological polar surface area (TPSA) is 125 Å². The van der Waals surface area contributed by atoms with Gasteiger partial charge in [-0.1, -0.05) is 24.3 Å². The second kappa shape index (κ2) is 10.1. The predicted molar refractivity (Wildman–Crippen MR) is 158 cm³/mol. The molecule has 9 heteroatoms. The van der Waals surface area contributed by atoms with Crippen molar-refractivity contribution in [3.8, 4) is 28.3 Å². The first-order chi connectivity index (χ1) is 20.0. The molecule has 1 saturated carbocycles. The first-order valence-corrected chi connectivity index (χ1v) is 14.0. The third-order valence-corrected chi connectivity index (χ3v) is 8.23. The minimum atomic E-state index is -0.249. The summed E-state index contributed by atoms with van der Waals surface area (Å²) in [4.78, 5) is 29.3. The van der Waals surface area contributed by atoms with E-state index < -0.39 is 0 Å². The number of hydrogen-bond acceptors (Lipinski definition) is 7. The molecular weight excluding hydrogens is 514 g/mol. The second-order valence-corrected chi connectivity index (χ2v) is 10.8.